The summed E-state index contributed by atoms with van der Waals surface area (Å²) < 4.78 is 0. The van der Waals surface area contributed by atoms with Gasteiger partial charge in [-0.25, -0.2) is 4.79 Å². The molecule has 5 nitrogen and oxygen atoms in total. The third-order valence-corrected chi connectivity index (χ3v) is 3.84. The number of urea groups is 1. The first kappa shape index (κ1) is 14.5. The van der Waals surface area contributed by atoms with Gasteiger partial charge in [0, 0.05) is 17.6 Å². The maximum Gasteiger partial charge on any atom is 0.319 e. The average Bonchev–Trinajstić information content (AvgIpc) is 2.93. The molecule has 1 atom stereocenters. The number of hydrogen-bond donors (Lipinski definition) is 2. The number of carbonyl (C=O) groups is 1. The zero-order valence-corrected chi connectivity index (χ0v) is 12.4. The minimum atomic E-state index is -0.221. The third-order valence-electron chi connectivity index (χ3n) is 2.87. The van der Waals surface area contributed by atoms with Gasteiger partial charge in [0.05, 0.1) is 17.9 Å². The summed E-state index contributed by atoms with van der Waals surface area (Å²) in [5, 5.41) is 7.69. The molecule has 0 bridgehead atoms. The van der Waals surface area contributed by atoms with E-state index in [2.05, 4.69) is 26.6 Å². The number of thiophene rings is 1. The molecule has 0 spiro atoms. The second-order valence-corrected chi connectivity index (χ2v) is 5.55. The predicted octanol–water partition coefficient (Wildman–Crippen LogP) is 2.57. The van der Waals surface area contributed by atoms with Crippen LogP contribution in [0.5, 0.6) is 0 Å². The quantitative estimate of drug-likeness (QED) is 0.890. The molecule has 6 heteroatoms. The van der Waals surface area contributed by atoms with E-state index in [0.717, 1.165) is 0 Å². The normalized spacial score (nSPS) is 12.2. The molecule has 2 aromatic rings. The summed E-state index contributed by atoms with van der Waals surface area (Å²) >= 11 is 1.69. The van der Waals surface area contributed by atoms with Crippen LogP contribution in [0.25, 0.3) is 0 Å². The van der Waals surface area contributed by atoms with E-state index in [9.17, 15) is 4.79 Å². The molecule has 1 unspecified atom stereocenters. The number of likely N-dealkylation sites (N-methyl/N-ethyl adjacent to an activating group) is 1. The fourth-order valence-corrected chi connectivity index (χ4v) is 2.74. The lowest BCUT2D eigenvalue weighted by Gasteiger charge is -2.23. The van der Waals surface area contributed by atoms with Gasteiger partial charge in [0.2, 0.25) is 0 Å². The highest BCUT2D eigenvalue weighted by Crippen LogP contribution is 2.22. The van der Waals surface area contributed by atoms with Gasteiger partial charge >= 0.3 is 6.03 Å². The van der Waals surface area contributed by atoms with Crippen molar-refractivity contribution in [2.45, 2.75) is 6.04 Å². The Morgan fingerprint density at radius 2 is 2.25 bits per heavy atom. The summed E-state index contributed by atoms with van der Waals surface area (Å²) in [6, 6.07) is 7.64. The highest BCUT2D eigenvalue weighted by atomic mass is 32.1. The molecule has 0 fully saturated rings. The molecule has 0 aromatic carbocycles. The number of amides is 2. The van der Waals surface area contributed by atoms with Crippen molar-refractivity contribution in [3.8, 4) is 0 Å². The lowest BCUT2D eigenvalue weighted by Crippen LogP contribution is -2.36. The van der Waals surface area contributed by atoms with Gasteiger partial charge < -0.3 is 15.5 Å². The third kappa shape index (κ3) is 4.04. The minimum absolute atomic E-state index is 0.176. The Balaban J connectivity index is 1.88. The molecule has 0 radical (unpaired) electrons. The first-order chi connectivity index (χ1) is 9.66. The Labute approximate surface area is 122 Å². The maximum absolute atomic E-state index is 11.8. The van der Waals surface area contributed by atoms with Crippen LogP contribution in [-0.4, -0.2) is 36.6 Å². The second kappa shape index (κ2) is 7.02. The van der Waals surface area contributed by atoms with Crippen LogP contribution in [0, 0.1) is 0 Å². The number of nitrogens with one attached hydrogen (secondary N) is 2. The van der Waals surface area contributed by atoms with E-state index in [1.54, 1.807) is 35.9 Å². The van der Waals surface area contributed by atoms with E-state index >= 15 is 0 Å². The van der Waals surface area contributed by atoms with Gasteiger partial charge in [0.15, 0.2) is 0 Å². The van der Waals surface area contributed by atoms with Gasteiger partial charge in [-0.1, -0.05) is 6.07 Å². The Morgan fingerprint density at radius 3 is 2.85 bits per heavy atom. The summed E-state index contributed by atoms with van der Waals surface area (Å²) in [6.07, 6.45) is 3.28. The number of hydrogen-bond acceptors (Lipinski definition) is 4. The molecule has 2 aromatic heterocycles. The molecule has 0 aliphatic rings. The Hall–Kier alpha value is -1.92. The van der Waals surface area contributed by atoms with Crippen molar-refractivity contribution in [3.63, 3.8) is 0 Å². The molecule has 2 heterocycles. The summed E-state index contributed by atoms with van der Waals surface area (Å²) in [5.41, 5.74) is 0.683. The monoisotopic (exact) mass is 290 g/mol. The van der Waals surface area contributed by atoms with Crippen LogP contribution in [-0.2, 0) is 0 Å². The molecule has 0 aliphatic carbocycles. The smallest absolute Gasteiger partial charge is 0.319 e. The molecule has 2 amide bonds. The van der Waals surface area contributed by atoms with Crippen molar-refractivity contribution in [2.24, 2.45) is 0 Å². The second-order valence-electron chi connectivity index (χ2n) is 4.57. The standard InChI is InChI=1S/C14H18N4OS/c1-18(2)12(13-6-4-8-20-13)10-16-14(19)17-11-5-3-7-15-9-11/h3-9,12H,10H2,1-2H3,(H2,16,17,19). The van der Waals surface area contributed by atoms with E-state index in [0.29, 0.717) is 12.2 Å². The van der Waals surface area contributed by atoms with E-state index in [-0.39, 0.29) is 12.1 Å². The van der Waals surface area contributed by atoms with E-state index in [1.807, 2.05) is 25.5 Å². The van der Waals surface area contributed by atoms with E-state index in [1.165, 1.54) is 4.88 Å². The summed E-state index contributed by atoms with van der Waals surface area (Å²) in [5.74, 6) is 0. The first-order valence-electron chi connectivity index (χ1n) is 6.31. The molecular weight excluding hydrogens is 272 g/mol. The minimum Gasteiger partial charge on any atom is -0.336 e. The number of aromatic nitrogens is 1. The van der Waals surface area contributed by atoms with Crippen LogP contribution >= 0.6 is 11.3 Å². The van der Waals surface area contributed by atoms with E-state index < -0.39 is 0 Å². The molecule has 106 valence electrons. The number of rotatable bonds is 5. The molecule has 0 saturated heterocycles. The number of nitrogens with zero attached hydrogens (tertiary/aromatic N) is 2. The molecule has 0 aliphatic heterocycles. The molecule has 20 heavy (non-hydrogen) atoms. The van der Waals surface area contributed by atoms with Crippen LogP contribution in [0.1, 0.15) is 10.9 Å². The van der Waals surface area contributed by atoms with Gasteiger partial charge in [-0.2, -0.15) is 0 Å². The number of carbonyl (C=O) groups excluding carboxylic acids is 1. The predicted molar refractivity (Wildman–Crippen MR) is 82.0 cm³/mol. The van der Waals surface area contributed by atoms with Crippen molar-refractivity contribution < 1.29 is 4.79 Å². The summed E-state index contributed by atoms with van der Waals surface area (Å²) in [4.78, 5) is 19.1. The van der Waals surface area contributed by atoms with Gasteiger partial charge in [-0.3, -0.25) is 4.98 Å². The van der Waals surface area contributed by atoms with Gasteiger partial charge in [0.25, 0.3) is 0 Å². The lowest BCUT2D eigenvalue weighted by atomic mass is 10.2. The number of pyridine rings is 1. The number of anilines is 1. The Bertz CT molecular complexity index is 527. The topological polar surface area (TPSA) is 57.3 Å². The van der Waals surface area contributed by atoms with Crippen molar-refractivity contribution in [2.75, 3.05) is 26.0 Å². The Kier molecular flexibility index (Phi) is 5.09. The zero-order valence-electron chi connectivity index (χ0n) is 11.5. The first-order valence-corrected chi connectivity index (χ1v) is 7.19. The summed E-state index contributed by atoms with van der Waals surface area (Å²) in [7, 11) is 4.01. The van der Waals surface area contributed by atoms with E-state index in [4.69, 9.17) is 0 Å². The maximum atomic E-state index is 11.8. The lowest BCUT2D eigenvalue weighted by molar-refractivity contribution is 0.244. The van der Waals surface area contributed by atoms with Crippen LogP contribution in [0.4, 0.5) is 10.5 Å². The largest absolute Gasteiger partial charge is 0.336 e. The zero-order chi connectivity index (χ0) is 14.4. The van der Waals surface area contributed by atoms with Crippen molar-refractivity contribution in [1.29, 1.82) is 0 Å². The average molecular weight is 290 g/mol. The molecule has 2 rings (SSSR count). The highest BCUT2D eigenvalue weighted by Gasteiger charge is 2.16. The van der Waals surface area contributed by atoms with Crippen molar-refractivity contribution in [3.05, 3.63) is 46.9 Å². The van der Waals surface area contributed by atoms with Gasteiger partial charge in [-0.05, 0) is 37.7 Å². The molecule has 0 saturated carbocycles. The van der Waals surface area contributed by atoms with Crippen LogP contribution in [0.3, 0.4) is 0 Å². The fourth-order valence-electron chi connectivity index (χ4n) is 1.82. The summed E-state index contributed by atoms with van der Waals surface area (Å²) in [6.45, 7) is 0.555. The van der Waals surface area contributed by atoms with Crippen LogP contribution < -0.4 is 10.6 Å². The SMILES string of the molecule is CN(C)C(CNC(=O)Nc1cccnc1)c1cccs1. The Morgan fingerprint density at radius 1 is 1.40 bits per heavy atom. The van der Waals surface area contributed by atoms with Crippen LogP contribution in [0.2, 0.25) is 0 Å². The fraction of sp³-hybridized carbons (Fsp3) is 0.286. The van der Waals surface area contributed by atoms with Crippen molar-refractivity contribution in [1.82, 2.24) is 15.2 Å². The van der Waals surface area contributed by atoms with Crippen molar-refractivity contribution >= 4 is 23.1 Å². The molecular formula is C14H18N4OS. The molecule has 2 N–H and O–H groups in total. The highest BCUT2D eigenvalue weighted by molar-refractivity contribution is 7.10. The van der Waals surface area contributed by atoms with Gasteiger partial charge in [-0.15, -0.1) is 11.3 Å². The van der Waals surface area contributed by atoms with Gasteiger partial charge in [0.1, 0.15) is 0 Å². The van der Waals surface area contributed by atoms with Crippen LogP contribution in [0.15, 0.2) is 42.0 Å².